The smallest absolute Gasteiger partial charge is 0.266 e. The summed E-state index contributed by atoms with van der Waals surface area (Å²) in [5, 5.41) is 3.91. The number of ether oxygens (including phenoxy) is 2. The van der Waals surface area contributed by atoms with Gasteiger partial charge >= 0.3 is 0 Å². The molecule has 3 aromatic carbocycles. The Morgan fingerprint density at radius 2 is 1.82 bits per heavy atom. The molecule has 0 bridgehead atoms. The summed E-state index contributed by atoms with van der Waals surface area (Å²) in [5.41, 5.74) is 4.36. The highest BCUT2D eigenvalue weighted by atomic mass is 32.2. The molecule has 190 valence electrons. The molecule has 0 aliphatic carbocycles. The van der Waals surface area contributed by atoms with Crippen molar-refractivity contribution in [1.82, 2.24) is 9.47 Å². The molecule has 7 nitrogen and oxygen atoms in total. The Labute approximate surface area is 229 Å². The number of hydrogen-bond donors (Lipinski definition) is 1. The van der Waals surface area contributed by atoms with Gasteiger partial charge in [0.1, 0.15) is 10.9 Å². The molecule has 6 rings (SSSR count). The average Bonchev–Trinajstić information content (AvgIpc) is 3.57. The molecule has 2 amide bonds. The summed E-state index contributed by atoms with van der Waals surface area (Å²) in [6, 6.07) is 23.0. The van der Waals surface area contributed by atoms with E-state index in [0.29, 0.717) is 33.0 Å². The molecule has 0 radical (unpaired) electrons. The van der Waals surface area contributed by atoms with Gasteiger partial charge in [-0.1, -0.05) is 72.5 Å². The Balaban J connectivity index is 1.27. The highest BCUT2D eigenvalue weighted by Gasteiger charge is 2.32. The van der Waals surface area contributed by atoms with Gasteiger partial charge in [-0.15, -0.1) is 0 Å². The summed E-state index contributed by atoms with van der Waals surface area (Å²) in [4.78, 5) is 28.5. The lowest BCUT2D eigenvalue weighted by molar-refractivity contribution is -0.122. The molecular weight excluding hydrogens is 518 g/mol. The number of aromatic nitrogens is 1. The molecular formula is C29H23N3O4S2. The molecule has 1 saturated heterocycles. The molecule has 0 spiro atoms. The van der Waals surface area contributed by atoms with Crippen molar-refractivity contribution in [2.45, 2.75) is 20.0 Å². The third-order valence-electron chi connectivity index (χ3n) is 6.57. The van der Waals surface area contributed by atoms with Crippen molar-refractivity contribution in [3.05, 3.63) is 94.5 Å². The second kappa shape index (κ2) is 10.00. The van der Waals surface area contributed by atoms with Gasteiger partial charge in [0.2, 0.25) is 12.7 Å². The topological polar surface area (TPSA) is 72.8 Å². The number of benzene rings is 3. The van der Waals surface area contributed by atoms with Crippen LogP contribution in [0.2, 0.25) is 0 Å². The summed E-state index contributed by atoms with van der Waals surface area (Å²) < 4.78 is 13.3. The molecule has 1 N–H and O–H groups in total. The van der Waals surface area contributed by atoms with Crippen molar-refractivity contribution < 1.29 is 19.1 Å². The van der Waals surface area contributed by atoms with Crippen molar-refractivity contribution in [1.29, 1.82) is 0 Å². The third kappa shape index (κ3) is 4.55. The van der Waals surface area contributed by atoms with E-state index >= 15 is 0 Å². The molecule has 4 aromatic rings. The van der Waals surface area contributed by atoms with Crippen LogP contribution in [0.4, 0.5) is 5.69 Å². The predicted molar refractivity (Wildman–Crippen MR) is 153 cm³/mol. The van der Waals surface area contributed by atoms with Crippen molar-refractivity contribution in [2.75, 3.05) is 12.1 Å². The maximum absolute atomic E-state index is 13.3. The van der Waals surface area contributed by atoms with Crippen LogP contribution in [-0.2, 0) is 22.7 Å². The highest BCUT2D eigenvalue weighted by molar-refractivity contribution is 8.26. The van der Waals surface area contributed by atoms with Gasteiger partial charge in [-0.05, 0) is 36.8 Å². The lowest BCUT2D eigenvalue weighted by Crippen LogP contribution is -2.27. The number of amides is 2. The number of thiocarbonyl (C=S) groups is 1. The van der Waals surface area contributed by atoms with Gasteiger partial charge in [0.25, 0.3) is 5.91 Å². The van der Waals surface area contributed by atoms with Crippen LogP contribution < -0.4 is 14.8 Å². The van der Waals surface area contributed by atoms with E-state index in [0.717, 1.165) is 27.7 Å². The Morgan fingerprint density at radius 1 is 1.05 bits per heavy atom. The summed E-state index contributed by atoms with van der Waals surface area (Å²) >= 11 is 6.85. The Bertz CT molecular complexity index is 1630. The van der Waals surface area contributed by atoms with Crippen molar-refractivity contribution >= 4 is 62.8 Å². The van der Waals surface area contributed by atoms with Crippen LogP contribution in [0.25, 0.3) is 17.0 Å². The monoisotopic (exact) mass is 541 g/mol. The van der Waals surface area contributed by atoms with E-state index in [4.69, 9.17) is 21.7 Å². The number of nitrogens with one attached hydrogen (secondary N) is 1. The Morgan fingerprint density at radius 3 is 2.66 bits per heavy atom. The minimum absolute atomic E-state index is 0.111. The maximum atomic E-state index is 13.3. The number of hydrogen-bond acceptors (Lipinski definition) is 6. The Kier molecular flexibility index (Phi) is 6.39. The first-order valence-electron chi connectivity index (χ1n) is 12.0. The van der Waals surface area contributed by atoms with Crippen molar-refractivity contribution in [3.63, 3.8) is 0 Å². The number of fused-ring (bicyclic) bond motifs is 2. The fourth-order valence-electron chi connectivity index (χ4n) is 4.70. The van der Waals surface area contributed by atoms with E-state index in [9.17, 15) is 9.59 Å². The number of nitrogens with zero attached hydrogens (tertiary/aromatic N) is 2. The normalized spacial score (nSPS) is 15.6. The number of anilines is 1. The Hall–Kier alpha value is -4.08. The SMILES string of the molecule is Cc1c(/C=C2/SC(=S)N(Cc3ccccc3)C2=O)c2ccccc2n1CC(=O)Nc1ccc2c(c1)OCO2. The predicted octanol–water partition coefficient (Wildman–Crippen LogP) is 5.72. The van der Waals surface area contributed by atoms with Crippen LogP contribution >= 0.6 is 24.0 Å². The standard InChI is InChI=1S/C29H23N3O4S2/c1-18-22(14-26-28(34)32(29(37)38-26)15-19-7-3-2-4-8-19)21-9-5-6-10-23(21)31(18)16-27(33)30-20-11-12-24-25(13-20)36-17-35-24/h2-14H,15-17H2,1H3,(H,30,33)/b26-14+. The minimum Gasteiger partial charge on any atom is -0.454 e. The summed E-state index contributed by atoms with van der Waals surface area (Å²) in [5.74, 6) is 0.986. The van der Waals surface area contributed by atoms with E-state index in [2.05, 4.69) is 5.32 Å². The molecule has 1 aromatic heterocycles. The van der Waals surface area contributed by atoms with Crippen LogP contribution in [0.3, 0.4) is 0 Å². The zero-order chi connectivity index (χ0) is 26.2. The van der Waals surface area contributed by atoms with Gasteiger partial charge in [0, 0.05) is 33.9 Å². The minimum atomic E-state index is -0.173. The molecule has 0 unspecified atom stereocenters. The quantitative estimate of drug-likeness (QED) is 0.249. The number of rotatable bonds is 6. The summed E-state index contributed by atoms with van der Waals surface area (Å²) in [6.45, 7) is 2.69. The van der Waals surface area contributed by atoms with Crippen LogP contribution in [-0.4, -0.2) is 32.4 Å². The second-order valence-electron chi connectivity index (χ2n) is 8.97. The maximum Gasteiger partial charge on any atom is 0.266 e. The number of para-hydroxylation sites is 1. The first-order chi connectivity index (χ1) is 18.5. The zero-order valence-corrected chi connectivity index (χ0v) is 22.1. The van der Waals surface area contributed by atoms with E-state index in [-0.39, 0.29) is 25.2 Å². The highest BCUT2D eigenvalue weighted by Crippen LogP contribution is 2.37. The molecule has 1 fully saturated rings. The second-order valence-corrected chi connectivity index (χ2v) is 10.6. The average molecular weight is 542 g/mol. The molecule has 2 aliphatic heterocycles. The largest absolute Gasteiger partial charge is 0.454 e. The molecule has 2 aliphatic rings. The fraction of sp³-hybridized carbons (Fsp3) is 0.138. The van der Waals surface area contributed by atoms with E-state index in [1.807, 2.05) is 72.2 Å². The van der Waals surface area contributed by atoms with E-state index < -0.39 is 0 Å². The molecule has 9 heteroatoms. The van der Waals surface area contributed by atoms with Crippen LogP contribution in [0.5, 0.6) is 11.5 Å². The van der Waals surface area contributed by atoms with Crippen molar-refractivity contribution in [2.24, 2.45) is 0 Å². The van der Waals surface area contributed by atoms with Crippen LogP contribution in [0, 0.1) is 6.92 Å². The van der Waals surface area contributed by atoms with Crippen LogP contribution in [0.15, 0.2) is 77.7 Å². The third-order valence-corrected chi connectivity index (χ3v) is 7.95. The van der Waals surface area contributed by atoms with Gasteiger partial charge in [0.15, 0.2) is 11.5 Å². The van der Waals surface area contributed by atoms with Gasteiger partial charge in [-0.25, -0.2) is 0 Å². The fourth-order valence-corrected chi connectivity index (χ4v) is 5.93. The van der Waals surface area contributed by atoms with E-state index in [1.54, 1.807) is 23.1 Å². The number of carbonyl (C=O) groups excluding carboxylic acids is 2. The van der Waals surface area contributed by atoms with Gasteiger partial charge in [-0.2, -0.15) is 0 Å². The first-order valence-corrected chi connectivity index (χ1v) is 13.3. The number of carbonyl (C=O) groups is 2. The lowest BCUT2D eigenvalue weighted by atomic mass is 10.1. The van der Waals surface area contributed by atoms with Gasteiger partial charge < -0.3 is 19.4 Å². The van der Waals surface area contributed by atoms with E-state index in [1.165, 1.54) is 11.8 Å². The van der Waals surface area contributed by atoms with Gasteiger partial charge in [0.05, 0.1) is 11.4 Å². The van der Waals surface area contributed by atoms with Crippen molar-refractivity contribution in [3.8, 4) is 11.5 Å². The van der Waals surface area contributed by atoms with Gasteiger partial charge in [-0.3, -0.25) is 14.5 Å². The lowest BCUT2D eigenvalue weighted by Gasteiger charge is -2.14. The zero-order valence-electron chi connectivity index (χ0n) is 20.5. The number of thioether (sulfide) groups is 1. The molecule has 0 saturated carbocycles. The molecule has 0 atom stereocenters. The summed E-state index contributed by atoms with van der Waals surface area (Å²) in [7, 11) is 0. The van der Waals surface area contributed by atoms with Crippen LogP contribution in [0.1, 0.15) is 16.8 Å². The first kappa shape index (κ1) is 24.3. The summed E-state index contributed by atoms with van der Waals surface area (Å²) in [6.07, 6.45) is 1.90. The molecule has 3 heterocycles. The molecule has 38 heavy (non-hydrogen) atoms.